The number of halogens is 1. The zero-order valence-corrected chi connectivity index (χ0v) is 13.4. The third-order valence-electron chi connectivity index (χ3n) is 3.99. The number of nitrogens with one attached hydrogen (secondary N) is 1. The second kappa shape index (κ2) is 6.75. The molecule has 0 aliphatic rings. The van der Waals surface area contributed by atoms with Gasteiger partial charge >= 0.3 is 0 Å². The van der Waals surface area contributed by atoms with Crippen LogP contribution in [0.2, 0.25) is 0 Å². The molecule has 0 aliphatic heterocycles. The first-order valence-corrected chi connectivity index (χ1v) is 7.71. The van der Waals surface area contributed by atoms with Crippen LogP contribution in [0.5, 0.6) is 0 Å². The van der Waals surface area contributed by atoms with Crippen LogP contribution < -0.4 is 5.32 Å². The smallest absolute Gasteiger partial charge is 0.123 e. The highest BCUT2D eigenvalue weighted by molar-refractivity contribution is 5.37. The molecule has 0 saturated carbocycles. The molecule has 0 radical (unpaired) electrons. The average Bonchev–Trinajstić information content (AvgIpc) is 2.85. The van der Waals surface area contributed by atoms with Gasteiger partial charge in [0.2, 0.25) is 0 Å². The minimum Gasteiger partial charge on any atom is -0.308 e. The van der Waals surface area contributed by atoms with Gasteiger partial charge in [-0.25, -0.2) is 9.07 Å². The van der Waals surface area contributed by atoms with Crippen LogP contribution in [0.1, 0.15) is 22.5 Å². The molecule has 0 unspecified atom stereocenters. The van der Waals surface area contributed by atoms with Crippen molar-refractivity contribution in [2.45, 2.75) is 26.9 Å². The first-order chi connectivity index (χ1) is 11.1. The van der Waals surface area contributed by atoms with Crippen LogP contribution in [0.25, 0.3) is 5.69 Å². The summed E-state index contributed by atoms with van der Waals surface area (Å²) in [5.74, 6) is -0.236. The zero-order chi connectivity index (χ0) is 16.2. The number of aryl methyl sites for hydroxylation is 1. The Labute approximate surface area is 135 Å². The van der Waals surface area contributed by atoms with Crippen molar-refractivity contribution >= 4 is 0 Å². The summed E-state index contributed by atoms with van der Waals surface area (Å²) >= 11 is 0. The molecule has 0 aliphatic carbocycles. The Morgan fingerprint density at radius 1 is 0.957 bits per heavy atom. The number of nitrogens with zero attached hydrogens (tertiary/aromatic N) is 2. The summed E-state index contributed by atoms with van der Waals surface area (Å²) in [6.45, 7) is 5.63. The molecular weight excluding hydrogens is 289 g/mol. The zero-order valence-electron chi connectivity index (χ0n) is 13.4. The lowest BCUT2D eigenvalue weighted by atomic mass is 10.2. The van der Waals surface area contributed by atoms with E-state index in [1.165, 1.54) is 23.3 Å². The number of hydrogen-bond donors (Lipinski definition) is 1. The Morgan fingerprint density at radius 3 is 2.35 bits per heavy atom. The lowest BCUT2D eigenvalue weighted by Gasteiger charge is -2.07. The van der Waals surface area contributed by atoms with Gasteiger partial charge in [-0.15, -0.1) is 0 Å². The fourth-order valence-electron chi connectivity index (χ4n) is 2.69. The third kappa shape index (κ3) is 3.48. The molecule has 0 bridgehead atoms. The average molecular weight is 309 g/mol. The van der Waals surface area contributed by atoms with Crippen molar-refractivity contribution < 1.29 is 4.39 Å². The lowest BCUT2D eigenvalue weighted by Crippen LogP contribution is -2.13. The van der Waals surface area contributed by atoms with Crippen LogP contribution in [-0.2, 0) is 13.1 Å². The molecule has 0 amide bonds. The monoisotopic (exact) mass is 309 g/mol. The van der Waals surface area contributed by atoms with E-state index >= 15 is 0 Å². The molecule has 0 fully saturated rings. The summed E-state index contributed by atoms with van der Waals surface area (Å²) in [5, 5.41) is 8.05. The van der Waals surface area contributed by atoms with Crippen molar-refractivity contribution in [2.75, 3.05) is 0 Å². The SMILES string of the molecule is Cc1nn(-c2ccc(F)cc2)c(C)c1CNCc1ccccc1. The van der Waals surface area contributed by atoms with E-state index in [0.717, 1.165) is 30.2 Å². The molecule has 1 aromatic heterocycles. The summed E-state index contributed by atoms with van der Waals surface area (Å²) in [7, 11) is 0. The maximum Gasteiger partial charge on any atom is 0.123 e. The molecule has 0 atom stereocenters. The van der Waals surface area contributed by atoms with Gasteiger partial charge in [0.1, 0.15) is 5.82 Å². The number of aromatic nitrogens is 2. The minimum absolute atomic E-state index is 0.236. The molecule has 3 nitrogen and oxygen atoms in total. The maximum absolute atomic E-state index is 13.1. The van der Waals surface area contributed by atoms with Crippen molar-refractivity contribution in [3.05, 3.63) is 82.9 Å². The van der Waals surface area contributed by atoms with Gasteiger partial charge in [-0.05, 0) is 43.7 Å². The van der Waals surface area contributed by atoms with Crippen molar-refractivity contribution in [2.24, 2.45) is 0 Å². The van der Waals surface area contributed by atoms with Crippen LogP contribution in [-0.4, -0.2) is 9.78 Å². The van der Waals surface area contributed by atoms with E-state index in [0.29, 0.717) is 0 Å². The molecule has 3 aromatic rings. The van der Waals surface area contributed by atoms with Crippen LogP contribution >= 0.6 is 0 Å². The van der Waals surface area contributed by atoms with Crippen molar-refractivity contribution in [1.82, 2.24) is 15.1 Å². The van der Waals surface area contributed by atoms with Gasteiger partial charge in [0.05, 0.1) is 11.4 Å². The van der Waals surface area contributed by atoms with E-state index < -0.39 is 0 Å². The van der Waals surface area contributed by atoms with Gasteiger partial charge in [0, 0.05) is 24.3 Å². The largest absolute Gasteiger partial charge is 0.308 e. The molecule has 1 heterocycles. The minimum atomic E-state index is -0.236. The van der Waals surface area contributed by atoms with Crippen LogP contribution in [0, 0.1) is 19.7 Å². The molecule has 4 heteroatoms. The normalized spacial score (nSPS) is 10.9. The number of rotatable bonds is 5. The topological polar surface area (TPSA) is 29.9 Å². The van der Waals surface area contributed by atoms with Crippen molar-refractivity contribution in [1.29, 1.82) is 0 Å². The summed E-state index contributed by atoms with van der Waals surface area (Å²) in [6, 6.07) is 16.7. The predicted molar refractivity (Wildman–Crippen MR) is 90.0 cm³/mol. The van der Waals surface area contributed by atoms with Gasteiger partial charge in [-0.2, -0.15) is 5.10 Å². The summed E-state index contributed by atoms with van der Waals surface area (Å²) < 4.78 is 14.9. The highest BCUT2D eigenvalue weighted by Crippen LogP contribution is 2.18. The van der Waals surface area contributed by atoms with Gasteiger partial charge in [-0.3, -0.25) is 0 Å². The standard InChI is InChI=1S/C19H20FN3/c1-14-19(13-21-12-16-6-4-3-5-7-16)15(2)23(22-14)18-10-8-17(20)9-11-18/h3-11,21H,12-13H2,1-2H3. The van der Waals surface area contributed by atoms with E-state index in [9.17, 15) is 4.39 Å². The molecule has 3 rings (SSSR count). The van der Waals surface area contributed by atoms with E-state index in [-0.39, 0.29) is 5.82 Å². The van der Waals surface area contributed by atoms with Crippen LogP contribution in [0.15, 0.2) is 54.6 Å². The van der Waals surface area contributed by atoms with E-state index in [4.69, 9.17) is 0 Å². The molecular formula is C19H20FN3. The highest BCUT2D eigenvalue weighted by Gasteiger charge is 2.12. The third-order valence-corrected chi connectivity index (χ3v) is 3.99. The molecule has 2 aromatic carbocycles. The maximum atomic E-state index is 13.1. The summed E-state index contributed by atoms with van der Waals surface area (Å²) in [6.07, 6.45) is 0. The Morgan fingerprint density at radius 2 is 1.65 bits per heavy atom. The highest BCUT2D eigenvalue weighted by atomic mass is 19.1. The molecule has 0 saturated heterocycles. The van der Waals surface area contributed by atoms with Crippen LogP contribution in [0.4, 0.5) is 4.39 Å². The first-order valence-electron chi connectivity index (χ1n) is 7.71. The second-order valence-electron chi connectivity index (χ2n) is 5.63. The lowest BCUT2D eigenvalue weighted by molar-refractivity contribution is 0.627. The van der Waals surface area contributed by atoms with Crippen molar-refractivity contribution in [3.63, 3.8) is 0 Å². The first kappa shape index (κ1) is 15.4. The molecule has 0 spiro atoms. The molecule has 118 valence electrons. The van der Waals surface area contributed by atoms with Gasteiger partial charge in [0.25, 0.3) is 0 Å². The fraction of sp³-hybridized carbons (Fsp3) is 0.211. The van der Waals surface area contributed by atoms with Gasteiger partial charge in [0.15, 0.2) is 0 Å². The van der Waals surface area contributed by atoms with E-state index in [2.05, 4.69) is 22.5 Å². The number of hydrogen-bond acceptors (Lipinski definition) is 2. The Balaban J connectivity index is 1.74. The predicted octanol–water partition coefficient (Wildman–Crippen LogP) is 3.92. The van der Waals surface area contributed by atoms with Crippen LogP contribution in [0.3, 0.4) is 0 Å². The molecule has 1 N–H and O–H groups in total. The Kier molecular flexibility index (Phi) is 4.53. The fourth-order valence-corrected chi connectivity index (χ4v) is 2.69. The van der Waals surface area contributed by atoms with E-state index in [1.54, 1.807) is 12.1 Å². The second-order valence-corrected chi connectivity index (χ2v) is 5.63. The Bertz CT molecular complexity index is 776. The van der Waals surface area contributed by atoms with E-state index in [1.807, 2.05) is 36.7 Å². The number of benzene rings is 2. The Hall–Kier alpha value is -2.46. The summed E-state index contributed by atoms with van der Waals surface area (Å²) in [5.41, 5.74) is 5.39. The quantitative estimate of drug-likeness (QED) is 0.774. The molecule has 23 heavy (non-hydrogen) atoms. The van der Waals surface area contributed by atoms with Gasteiger partial charge in [-0.1, -0.05) is 30.3 Å². The summed E-state index contributed by atoms with van der Waals surface area (Å²) in [4.78, 5) is 0. The van der Waals surface area contributed by atoms with Gasteiger partial charge < -0.3 is 5.32 Å². The van der Waals surface area contributed by atoms with Crippen molar-refractivity contribution in [3.8, 4) is 5.69 Å².